The van der Waals surface area contributed by atoms with Gasteiger partial charge in [-0.25, -0.2) is 9.37 Å². The average molecular weight is 353 g/mol. The number of carbonyl (C=O) groups is 1. The summed E-state index contributed by atoms with van der Waals surface area (Å²) in [6.07, 6.45) is 6.18. The van der Waals surface area contributed by atoms with Gasteiger partial charge in [-0.05, 0) is 36.2 Å². The van der Waals surface area contributed by atoms with Crippen LogP contribution in [0.25, 0.3) is 0 Å². The fourth-order valence-electron chi connectivity index (χ4n) is 2.50. The van der Waals surface area contributed by atoms with Crippen molar-refractivity contribution in [2.45, 2.75) is 19.6 Å². The Morgan fingerprint density at radius 1 is 1.15 bits per heavy atom. The normalized spacial score (nSPS) is 10.5. The number of benzene rings is 2. The molecule has 0 aliphatic rings. The highest BCUT2D eigenvalue weighted by Gasteiger charge is 2.11. The number of nitrogens with one attached hydrogen (secondary N) is 1. The molecule has 0 radical (unpaired) electrons. The van der Waals surface area contributed by atoms with Crippen LogP contribution < -0.4 is 10.1 Å². The first-order chi connectivity index (χ1) is 12.7. The van der Waals surface area contributed by atoms with E-state index in [0.29, 0.717) is 17.9 Å². The second kappa shape index (κ2) is 8.80. The van der Waals surface area contributed by atoms with E-state index < -0.39 is 0 Å². The highest BCUT2D eigenvalue weighted by atomic mass is 19.1. The Labute approximate surface area is 151 Å². The van der Waals surface area contributed by atoms with Crippen molar-refractivity contribution in [2.24, 2.45) is 0 Å². The molecule has 0 unspecified atom stereocenters. The highest BCUT2D eigenvalue weighted by Crippen LogP contribution is 2.19. The van der Waals surface area contributed by atoms with E-state index in [0.717, 1.165) is 18.5 Å². The number of para-hydroxylation sites is 1. The summed E-state index contributed by atoms with van der Waals surface area (Å²) in [5.74, 6) is 0.0403. The Bertz CT molecular complexity index is 833. The quantitative estimate of drug-likeness (QED) is 0.631. The summed E-state index contributed by atoms with van der Waals surface area (Å²) in [7, 11) is 0. The summed E-state index contributed by atoms with van der Waals surface area (Å²) in [6, 6.07) is 13.2. The fourth-order valence-corrected chi connectivity index (χ4v) is 2.50. The Kier molecular flexibility index (Phi) is 5.98. The third-order valence-electron chi connectivity index (χ3n) is 3.88. The minimum absolute atomic E-state index is 0.176. The van der Waals surface area contributed by atoms with Crippen molar-refractivity contribution in [1.29, 1.82) is 0 Å². The van der Waals surface area contributed by atoms with Gasteiger partial charge in [-0.2, -0.15) is 0 Å². The van der Waals surface area contributed by atoms with Crippen molar-refractivity contribution in [3.8, 4) is 5.75 Å². The molecular weight excluding hydrogens is 333 g/mol. The number of aromatic nitrogens is 2. The van der Waals surface area contributed by atoms with E-state index in [1.807, 2.05) is 16.8 Å². The molecule has 134 valence electrons. The monoisotopic (exact) mass is 353 g/mol. The maximum atomic E-state index is 13.0. The molecule has 2 aromatic carbocycles. The van der Waals surface area contributed by atoms with Crippen molar-refractivity contribution >= 4 is 5.91 Å². The van der Waals surface area contributed by atoms with Crippen molar-refractivity contribution < 1.29 is 13.9 Å². The molecule has 0 fully saturated rings. The van der Waals surface area contributed by atoms with Gasteiger partial charge in [0.2, 0.25) is 0 Å². The number of rotatable bonds is 8. The Morgan fingerprint density at radius 2 is 1.96 bits per heavy atom. The fraction of sp³-hybridized carbons (Fsp3) is 0.200. The molecule has 6 heteroatoms. The number of aryl methyl sites for hydroxylation is 1. The molecule has 1 N–H and O–H groups in total. The lowest BCUT2D eigenvalue weighted by Crippen LogP contribution is -2.25. The molecule has 0 bridgehead atoms. The van der Waals surface area contributed by atoms with Gasteiger partial charge in [0, 0.05) is 25.5 Å². The van der Waals surface area contributed by atoms with Crippen molar-refractivity contribution in [3.05, 3.63) is 84.2 Å². The van der Waals surface area contributed by atoms with Gasteiger partial charge in [0.05, 0.1) is 11.9 Å². The second-order valence-electron chi connectivity index (χ2n) is 5.82. The lowest BCUT2D eigenvalue weighted by Gasteiger charge is -2.12. The standard InChI is InChI=1S/C20H20FN3O2/c21-17-8-6-16(7-9-17)14-26-19-5-2-1-4-18(19)20(25)23-10-3-12-24-13-11-22-15-24/h1-2,4-9,11,13,15H,3,10,12,14H2,(H,23,25). The molecule has 3 rings (SSSR count). The smallest absolute Gasteiger partial charge is 0.255 e. The lowest BCUT2D eigenvalue weighted by atomic mass is 10.2. The SMILES string of the molecule is O=C(NCCCn1ccnc1)c1ccccc1OCc1ccc(F)cc1. The first kappa shape index (κ1) is 17.7. The van der Waals surface area contributed by atoms with Gasteiger partial charge in [0.25, 0.3) is 5.91 Å². The molecule has 1 heterocycles. The van der Waals surface area contributed by atoms with Crippen LogP contribution in [0.15, 0.2) is 67.3 Å². The molecular formula is C20H20FN3O2. The number of hydrogen-bond acceptors (Lipinski definition) is 3. The minimum Gasteiger partial charge on any atom is -0.488 e. The van der Waals surface area contributed by atoms with Gasteiger partial charge < -0.3 is 14.6 Å². The van der Waals surface area contributed by atoms with Crippen LogP contribution in [0, 0.1) is 5.82 Å². The molecule has 1 aromatic heterocycles. The Hall–Kier alpha value is -3.15. The van der Waals surface area contributed by atoms with E-state index in [1.165, 1.54) is 12.1 Å². The first-order valence-electron chi connectivity index (χ1n) is 8.42. The average Bonchev–Trinajstić information content (AvgIpc) is 3.18. The molecule has 0 spiro atoms. The molecule has 0 aliphatic heterocycles. The zero-order valence-electron chi connectivity index (χ0n) is 14.3. The summed E-state index contributed by atoms with van der Waals surface area (Å²) in [5.41, 5.74) is 1.32. The number of amides is 1. The Morgan fingerprint density at radius 3 is 2.73 bits per heavy atom. The molecule has 0 saturated carbocycles. The van der Waals surface area contributed by atoms with E-state index in [4.69, 9.17) is 4.74 Å². The zero-order valence-corrected chi connectivity index (χ0v) is 14.3. The summed E-state index contributed by atoms with van der Waals surface area (Å²) in [4.78, 5) is 16.4. The van der Waals surface area contributed by atoms with Crippen LogP contribution in [0.5, 0.6) is 5.75 Å². The van der Waals surface area contributed by atoms with Gasteiger partial charge in [-0.1, -0.05) is 24.3 Å². The van der Waals surface area contributed by atoms with Crippen molar-refractivity contribution in [2.75, 3.05) is 6.54 Å². The number of carbonyl (C=O) groups excluding carboxylic acids is 1. The number of ether oxygens (including phenoxy) is 1. The molecule has 0 atom stereocenters. The third kappa shape index (κ3) is 4.92. The molecule has 26 heavy (non-hydrogen) atoms. The number of halogens is 1. The molecule has 1 amide bonds. The van der Waals surface area contributed by atoms with Crippen LogP contribution in [0.4, 0.5) is 4.39 Å². The van der Waals surface area contributed by atoms with Crippen LogP contribution in [0.2, 0.25) is 0 Å². The van der Waals surface area contributed by atoms with Crippen LogP contribution >= 0.6 is 0 Å². The van der Waals surface area contributed by atoms with E-state index in [-0.39, 0.29) is 18.3 Å². The summed E-state index contributed by atoms with van der Waals surface area (Å²) in [6.45, 7) is 1.62. The van der Waals surface area contributed by atoms with Gasteiger partial charge in [-0.15, -0.1) is 0 Å². The summed E-state index contributed by atoms with van der Waals surface area (Å²) >= 11 is 0. The predicted molar refractivity (Wildman–Crippen MR) is 96.4 cm³/mol. The topological polar surface area (TPSA) is 56.2 Å². The molecule has 3 aromatic rings. The maximum Gasteiger partial charge on any atom is 0.255 e. The lowest BCUT2D eigenvalue weighted by molar-refractivity contribution is 0.0948. The largest absolute Gasteiger partial charge is 0.488 e. The summed E-state index contributed by atoms with van der Waals surface area (Å²) in [5, 5.41) is 2.91. The first-order valence-corrected chi connectivity index (χ1v) is 8.42. The van der Waals surface area contributed by atoms with Crippen molar-refractivity contribution in [3.63, 3.8) is 0 Å². The van der Waals surface area contributed by atoms with Crippen LogP contribution in [-0.4, -0.2) is 22.0 Å². The van der Waals surface area contributed by atoms with E-state index in [9.17, 15) is 9.18 Å². The van der Waals surface area contributed by atoms with Crippen LogP contribution in [0.1, 0.15) is 22.3 Å². The highest BCUT2D eigenvalue weighted by molar-refractivity contribution is 5.96. The number of nitrogens with zero attached hydrogens (tertiary/aromatic N) is 2. The third-order valence-corrected chi connectivity index (χ3v) is 3.88. The number of imidazole rings is 1. The second-order valence-corrected chi connectivity index (χ2v) is 5.82. The minimum atomic E-state index is -0.288. The number of hydrogen-bond donors (Lipinski definition) is 1. The van der Waals surface area contributed by atoms with Crippen LogP contribution in [0.3, 0.4) is 0 Å². The van der Waals surface area contributed by atoms with Crippen molar-refractivity contribution in [1.82, 2.24) is 14.9 Å². The molecule has 5 nitrogen and oxygen atoms in total. The van der Waals surface area contributed by atoms with Gasteiger partial charge in [0.1, 0.15) is 18.2 Å². The van der Waals surface area contributed by atoms with Gasteiger partial charge in [0.15, 0.2) is 0 Å². The van der Waals surface area contributed by atoms with Crippen LogP contribution in [-0.2, 0) is 13.2 Å². The van der Waals surface area contributed by atoms with Gasteiger partial charge in [-0.3, -0.25) is 4.79 Å². The summed E-state index contributed by atoms with van der Waals surface area (Å²) < 4.78 is 20.7. The van der Waals surface area contributed by atoms with E-state index in [1.54, 1.807) is 42.9 Å². The molecule has 0 saturated heterocycles. The zero-order chi connectivity index (χ0) is 18.2. The Balaban J connectivity index is 1.53. The maximum absolute atomic E-state index is 13.0. The molecule has 0 aliphatic carbocycles. The predicted octanol–water partition coefficient (Wildman–Crippen LogP) is 3.42. The van der Waals surface area contributed by atoms with Gasteiger partial charge >= 0.3 is 0 Å². The van der Waals surface area contributed by atoms with E-state index >= 15 is 0 Å². The van der Waals surface area contributed by atoms with E-state index in [2.05, 4.69) is 10.3 Å².